The molecule has 0 bridgehead atoms. The van der Waals surface area contributed by atoms with Gasteiger partial charge in [0.05, 0.1) is 17.0 Å². The van der Waals surface area contributed by atoms with Crippen molar-refractivity contribution >= 4 is 21.5 Å². The summed E-state index contributed by atoms with van der Waals surface area (Å²) in [5, 5.41) is 7.31. The van der Waals surface area contributed by atoms with Gasteiger partial charge < -0.3 is 5.73 Å². The van der Waals surface area contributed by atoms with E-state index in [0.29, 0.717) is 0 Å². The van der Waals surface area contributed by atoms with E-state index < -0.39 is 27.1 Å². The predicted octanol–water partition coefficient (Wildman–Crippen LogP) is 1.90. The number of hydrogen-bond donors (Lipinski definition) is 3. The number of nitrogens with one attached hydrogen (secondary N) is 2. The maximum absolute atomic E-state index is 13.6. The number of halogens is 1. The molecule has 0 saturated carbocycles. The van der Waals surface area contributed by atoms with Gasteiger partial charge in [0.1, 0.15) is 11.7 Å². The van der Waals surface area contributed by atoms with Crippen molar-refractivity contribution in [2.24, 2.45) is 11.1 Å². The second-order valence-electron chi connectivity index (χ2n) is 5.50. The van der Waals surface area contributed by atoms with Gasteiger partial charge in [-0.25, -0.2) is 12.8 Å². The monoisotopic (exact) mass is 287 g/mol. The summed E-state index contributed by atoms with van der Waals surface area (Å²) in [4.78, 5) is 0. The third kappa shape index (κ3) is 4.51. The van der Waals surface area contributed by atoms with Crippen molar-refractivity contribution in [2.75, 3.05) is 10.5 Å². The predicted molar refractivity (Wildman–Crippen MR) is 74.3 cm³/mol. The third-order valence-electron chi connectivity index (χ3n) is 2.17. The Morgan fingerprint density at radius 3 is 2.47 bits per heavy atom. The Hall–Kier alpha value is -1.63. The van der Waals surface area contributed by atoms with E-state index in [4.69, 9.17) is 11.1 Å². The number of nitrogen functional groups attached to an aromatic ring is 1. The molecule has 0 atom stereocenters. The Labute approximate surface area is 112 Å². The number of benzene rings is 1. The van der Waals surface area contributed by atoms with Crippen LogP contribution in [-0.4, -0.2) is 20.0 Å². The molecule has 0 fully saturated rings. The first-order valence-corrected chi connectivity index (χ1v) is 7.30. The molecule has 0 saturated heterocycles. The molecule has 0 radical (unpaired) electrons. The Kier molecular flexibility index (Phi) is 4.19. The van der Waals surface area contributed by atoms with Gasteiger partial charge in [0.2, 0.25) is 10.0 Å². The van der Waals surface area contributed by atoms with Crippen molar-refractivity contribution < 1.29 is 12.8 Å². The van der Waals surface area contributed by atoms with Crippen LogP contribution in [0.5, 0.6) is 0 Å². The molecule has 0 aliphatic carbocycles. The van der Waals surface area contributed by atoms with Crippen molar-refractivity contribution in [3.63, 3.8) is 0 Å². The quantitative estimate of drug-likeness (QED) is 0.583. The van der Waals surface area contributed by atoms with Gasteiger partial charge in [0, 0.05) is 0 Å². The highest BCUT2D eigenvalue weighted by atomic mass is 32.2. The van der Waals surface area contributed by atoms with Crippen molar-refractivity contribution in [2.45, 2.75) is 20.8 Å². The highest BCUT2D eigenvalue weighted by Gasteiger charge is 2.23. The van der Waals surface area contributed by atoms with E-state index in [1.807, 2.05) is 0 Å². The zero-order valence-corrected chi connectivity index (χ0v) is 11.9. The standard InChI is InChI=1S/C12H18FN3O2S/c1-12(2,3)7-19(17,18)16-9-6-4-5-8(13)10(9)11(14)15/h4-6,16H,7H2,1-3H3,(H3,14,15). The molecule has 7 heteroatoms. The van der Waals surface area contributed by atoms with Crippen LogP contribution in [0.15, 0.2) is 18.2 Å². The molecule has 0 aromatic heterocycles. The van der Waals surface area contributed by atoms with Gasteiger partial charge in [-0.1, -0.05) is 26.8 Å². The Morgan fingerprint density at radius 1 is 1.42 bits per heavy atom. The van der Waals surface area contributed by atoms with E-state index >= 15 is 0 Å². The molecule has 106 valence electrons. The SMILES string of the molecule is CC(C)(C)CS(=O)(=O)Nc1cccc(F)c1C(=N)N. The molecular weight excluding hydrogens is 269 g/mol. The summed E-state index contributed by atoms with van der Waals surface area (Å²) in [5.74, 6) is -1.37. The number of nitrogens with two attached hydrogens (primary N) is 1. The van der Waals surface area contributed by atoms with Crippen LogP contribution in [0.4, 0.5) is 10.1 Å². The molecule has 0 aliphatic rings. The Bertz CT molecular complexity index is 591. The average molecular weight is 287 g/mol. The fraction of sp³-hybridized carbons (Fsp3) is 0.417. The Balaban J connectivity index is 3.14. The lowest BCUT2D eigenvalue weighted by Crippen LogP contribution is -2.27. The lowest BCUT2D eigenvalue weighted by Gasteiger charge is -2.19. The van der Waals surface area contributed by atoms with Crippen molar-refractivity contribution in [1.29, 1.82) is 5.41 Å². The topological polar surface area (TPSA) is 96.0 Å². The van der Waals surface area contributed by atoms with Crippen molar-refractivity contribution in [1.82, 2.24) is 0 Å². The molecule has 1 aromatic rings. The van der Waals surface area contributed by atoms with E-state index in [1.54, 1.807) is 20.8 Å². The average Bonchev–Trinajstić information content (AvgIpc) is 2.11. The third-order valence-corrected chi connectivity index (χ3v) is 3.95. The first-order chi connectivity index (χ1) is 8.52. The first kappa shape index (κ1) is 15.4. The van der Waals surface area contributed by atoms with Crippen LogP contribution in [0.2, 0.25) is 0 Å². The van der Waals surface area contributed by atoms with Crippen LogP contribution in [0, 0.1) is 16.6 Å². The summed E-state index contributed by atoms with van der Waals surface area (Å²) in [7, 11) is -3.63. The summed E-state index contributed by atoms with van der Waals surface area (Å²) in [6.07, 6.45) is 0. The molecule has 1 aromatic carbocycles. The second kappa shape index (κ2) is 5.16. The van der Waals surface area contributed by atoms with Crippen LogP contribution in [0.1, 0.15) is 26.3 Å². The molecule has 0 amide bonds. The number of amidine groups is 1. The maximum Gasteiger partial charge on any atom is 0.233 e. The van der Waals surface area contributed by atoms with Crippen LogP contribution >= 0.6 is 0 Å². The molecule has 1 rings (SSSR count). The normalized spacial score (nSPS) is 12.2. The second-order valence-corrected chi connectivity index (χ2v) is 7.22. The lowest BCUT2D eigenvalue weighted by molar-refractivity contribution is 0.463. The minimum atomic E-state index is -3.63. The molecule has 0 heterocycles. The van der Waals surface area contributed by atoms with Gasteiger partial charge in [-0.2, -0.15) is 0 Å². The van der Waals surface area contributed by atoms with Crippen LogP contribution in [0.25, 0.3) is 0 Å². The zero-order valence-electron chi connectivity index (χ0n) is 11.1. The molecule has 0 unspecified atom stereocenters. The zero-order chi connectivity index (χ0) is 14.8. The summed E-state index contributed by atoms with van der Waals surface area (Å²) in [6.45, 7) is 5.34. The van der Waals surface area contributed by atoms with Gasteiger partial charge >= 0.3 is 0 Å². The van der Waals surface area contributed by atoms with Gasteiger partial charge in [-0.3, -0.25) is 10.1 Å². The summed E-state index contributed by atoms with van der Waals surface area (Å²) in [6, 6.07) is 3.86. The highest BCUT2D eigenvalue weighted by Crippen LogP contribution is 2.22. The van der Waals surface area contributed by atoms with Crippen molar-refractivity contribution in [3.8, 4) is 0 Å². The molecule has 0 aliphatic heterocycles. The molecule has 19 heavy (non-hydrogen) atoms. The summed E-state index contributed by atoms with van der Waals surface area (Å²) >= 11 is 0. The summed E-state index contributed by atoms with van der Waals surface area (Å²) in [5.41, 5.74) is 4.58. The fourth-order valence-electron chi connectivity index (χ4n) is 1.66. The van der Waals surface area contributed by atoms with Gasteiger partial charge in [-0.05, 0) is 17.5 Å². The fourth-order valence-corrected chi connectivity index (χ4v) is 3.37. The Morgan fingerprint density at radius 2 is 2.00 bits per heavy atom. The lowest BCUT2D eigenvalue weighted by atomic mass is 10.0. The molecular formula is C12H18FN3O2S. The van der Waals surface area contributed by atoms with Gasteiger partial charge in [0.25, 0.3) is 0 Å². The van der Waals surface area contributed by atoms with E-state index in [0.717, 1.165) is 6.07 Å². The van der Waals surface area contributed by atoms with Gasteiger partial charge in [-0.15, -0.1) is 0 Å². The smallest absolute Gasteiger partial charge is 0.233 e. The minimum absolute atomic E-state index is 0.0169. The summed E-state index contributed by atoms with van der Waals surface area (Å²) < 4.78 is 39.7. The van der Waals surface area contributed by atoms with Gasteiger partial charge in [0.15, 0.2) is 0 Å². The first-order valence-electron chi connectivity index (χ1n) is 5.65. The maximum atomic E-state index is 13.6. The number of rotatable bonds is 4. The number of anilines is 1. The van der Waals surface area contributed by atoms with E-state index in [1.165, 1.54) is 12.1 Å². The largest absolute Gasteiger partial charge is 0.384 e. The van der Waals surface area contributed by atoms with Crippen LogP contribution < -0.4 is 10.5 Å². The minimum Gasteiger partial charge on any atom is -0.384 e. The van der Waals surface area contributed by atoms with E-state index in [9.17, 15) is 12.8 Å². The van der Waals surface area contributed by atoms with Crippen LogP contribution in [0.3, 0.4) is 0 Å². The van der Waals surface area contributed by atoms with E-state index in [-0.39, 0.29) is 17.0 Å². The number of hydrogen-bond acceptors (Lipinski definition) is 3. The van der Waals surface area contributed by atoms with Crippen LogP contribution in [-0.2, 0) is 10.0 Å². The molecule has 0 spiro atoms. The highest BCUT2D eigenvalue weighted by molar-refractivity contribution is 7.92. The van der Waals surface area contributed by atoms with Crippen molar-refractivity contribution in [3.05, 3.63) is 29.6 Å². The molecule has 4 N–H and O–H groups in total. The van der Waals surface area contributed by atoms with E-state index in [2.05, 4.69) is 4.72 Å². The molecule has 5 nitrogen and oxygen atoms in total. The number of sulfonamides is 1.